The molecule has 1 saturated heterocycles. The third-order valence-electron chi connectivity index (χ3n) is 7.22. The zero-order valence-electron chi connectivity index (χ0n) is 20.3. The molecule has 2 heterocycles. The number of hydrogen-bond donors (Lipinski definition) is 0. The highest BCUT2D eigenvalue weighted by molar-refractivity contribution is 5.97. The molecule has 1 aliphatic carbocycles. The van der Waals surface area contributed by atoms with Crippen molar-refractivity contribution in [3.8, 4) is 5.75 Å². The number of rotatable bonds is 5. The number of halogens is 1. The Labute approximate surface area is 208 Å². The molecule has 36 heavy (non-hydrogen) atoms. The van der Waals surface area contributed by atoms with Crippen LogP contribution in [0, 0.1) is 5.82 Å². The van der Waals surface area contributed by atoms with Crippen LogP contribution in [0.25, 0.3) is 10.9 Å². The summed E-state index contributed by atoms with van der Waals surface area (Å²) in [5.41, 5.74) is 0.931. The number of hydrogen-bond acceptors (Lipinski definition) is 5. The lowest BCUT2D eigenvalue weighted by Gasteiger charge is -2.40. The summed E-state index contributed by atoms with van der Waals surface area (Å²) in [5.74, 6) is -0.623. The Kier molecular flexibility index (Phi) is 6.71. The summed E-state index contributed by atoms with van der Waals surface area (Å²) in [4.78, 5) is 41.6. The van der Waals surface area contributed by atoms with Gasteiger partial charge < -0.3 is 14.5 Å². The van der Waals surface area contributed by atoms with Gasteiger partial charge in [-0.15, -0.1) is 0 Å². The van der Waals surface area contributed by atoms with Gasteiger partial charge in [0, 0.05) is 30.6 Å². The highest BCUT2D eigenvalue weighted by Crippen LogP contribution is 2.25. The summed E-state index contributed by atoms with van der Waals surface area (Å²) in [6.07, 6.45) is 6.72. The summed E-state index contributed by atoms with van der Waals surface area (Å²) < 4.78 is 21.7. The van der Waals surface area contributed by atoms with E-state index in [0.717, 1.165) is 25.7 Å². The molecule has 2 aliphatic rings. The van der Waals surface area contributed by atoms with Crippen LogP contribution in [0.1, 0.15) is 48.0 Å². The number of nitrogens with zero attached hydrogens (tertiary/aromatic N) is 4. The lowest BCUT2D eigenvalue weighted by Crippen LogP contribution is -2.55. The normalized spacial score (nSPS) is 17.0. The van der Waals surface area contributed by atoms with Crippen LogP contribution >= 0.6 is 0 Å². The molecule has 2 amide bonds. The number of carbonyl (C=O) groups excluding carboxylic acids is 2. The fourth-order valence-corrected chi connectivity index (χ4v) is 5.26. The van der Waals surface area contributed by atoms with Crippen molar-refractivity contribution in [1.82, 2.24) is 19.6 Å². The van der Waals surface area contributed by atoms with Crippen LogP contribution in [-0.2, 0) is 11.3 Å². The van der Waals surface area contributed by atoms with Crippen LogP contribution in [-0.4, -0.2) is 64.2 Å². The predicted molar refractivity (Wildman–Crippen MR) is 133 cm³/mol. The second kappa shape index (κ2) is 10.1. The summed E-state index contributed by atoms with van der Waals surface area (Å²) in [7, 11) is 1.54. The average Bonchev–Trinajstić information content (AvgIpc) is 2.91. The van der Waals surface area contributed by atoms with Gasteiger partial charge >= 0.3 is 0 Å². The smallest absolute Gasteiger partial charge is 0.257 e. The first-order valence-electron chi connectivity index (χ1n) is 12.4. The van der Waals surface area contributed by atoms with Crippen molar-refractivity contribution in [2.45, 2.75) is 44.7 Å². The number of piperazine rings is 1. The second-order valence-electron chi connectivity index (χ2n) is 9.47. The third-order valence-corrected chi connectivity index (χ3v) is 7.22. The summed E-state index contributed by atoms with van der Waals surface area (Å²) in [6.45, 7) is 1.05. The zero-order valence-corrected chi connectivity index (χ0v) is 20.3. The number of aromatic nitrogens is 2. The number of carbonyl (C=O) groups is 2. The van der Waals surface area contributed by atoms with E-state index in [1.54, 1.807) is 28.9 Å². The van der Waals surface area contributed by atoms with E-state index in [0.29, 0.717) is 35.3 Å². The Balaban J connectivity index is 1.36. The van der Waals surface area contributed by atoms with E-state index < -0.39 is 11.7 Å². The van der Waals surface area contributed by atoms with Crippen LogP contribution in [0.15, 0.2) is 47.4 Å². The number of fused-ring (bicyclic) bond motifs is 1. The van der Waals surface area contributed by atoms with Crippen molar-refractivity contribution >= 4 is 22.7 Å². The number of ether oxygens (including phenoxy) is 1. The van der Waals surface area contributed by atoms with E-state index in [-0.39, 0.29) is 36.0 Å². The van der Waals surface area contributed by atoms with E-state index in [1.165, 1.54) is 36.8 Å². The van der Waals surface area contributed by atoms with Gasteiger partial charge in [0.1, 0.15) is 18.1 Å². The number of amides is 2. The lowest BCUT2D eigenvalue weighted by molar-refractivity contribution is -0.138. The zero-order chi connectivity index (χ0) is 25.2. The Bertz CT molecular complexity index is 1370. The molecule has 0 radical (unpaired) electrons. The fourth-order valence-electron chi connectivity index (χ4n) is 5.26. The van der Waals surface area contributed by atoms with Crippen molar-refractivity contribution in [3.05, 3.63) is 69.8 Å². The standard InChI is InChI=1S/C27H29FN4O4/c1-36-20-8-9-21-24(14-20)32(29-15-25(21)33)16-18-7-10-23(28)22(13-18)27(35)30-11-12-31(26(34)17-30)19-5-3-2-4-6-19/h7-10,13-15,19H,2-6,11-12,16-17H2,1H3. The first-order valence-corrected chi connectivity index (χ1v) is 12.4. The molecule has 8 nitrogen and oxygen atoms in total. The van der Waals surface area contributed by atoms with Gasteiger partial charge in [0.2, 0.25) is 11.3 Å². The minimum atomic E-state index is -0.634. The van der Waals surface area contributed by atoms with Crippen molar-refractivity contribution in [3.63, 3.8) is 0 Å². The minimum absolute atomic E-state index is 0.0370. The topological polar surface area (TPSA) is 84.7 Å². The van der Waals surface area contributed by atoms with Crippen LogP contribution < -0.4 is 10.2 Å². The van der Waals surface area contributed by atoms with Crippen LogP contribution in [0.5, 0.6) is 5.75 Å². The first-order chi connectivity index (χ1) is 17.4. The first kappa shape index (κ1) is 24.0. The third kappa shape index (κ3) is 4.69. The Morgan fingerprint density at radius 1 is 1.08 bits per heavy atom. The molecule has 0 unspecified atom stereocenters. The van der Waals surface area contributed by atoms with E-state index in [9.17, 15) is 18.8 Å². The number of methoxy groups -OCH3 is 1. The maximum atomic E-state index is 14.8. The van der Waals surface area contributed by atoms with Gasteiger partial charge in [-0.25, -0.2) is 4.39 Å². The molecule has 1 aromatic heterocycles. The molecule has 9 heteroatoms. The fraction of sp³-hybridized carbons (Fsp3) is 0.407. The van der Waals surface area contributed by atoms with Gasteiger partial charge in [0.25, 0.3) is 5.91 Å². The molecular formula is C27H29FN4O4. The second-order valence-corrected chi connectivity index (χ2v) is 9.47. The van der Waals surface area contributed by atoms with E-state index in [2.05, 4.69) is 5.10 Å². The summed E-state index contributed by atoms with van der Waals surface area (Å²) in [5, 5.41) is 4.72. The molecule has 2 aromatic carbocycles. The van der Waals surface area contributed by atoms with Gasteiger partial charge in [0.15, 0.2) is 0 Å². The molecule has 5 rings (SSSR count). The van der Waals surface area contributed by atoms with Crippen LogP contribution in [0.3, 0.4) is 0 Å². The van der Waals surface area contributed by atoms with Crippen molar-refractivity contribution in [2.75, 3.05) is 26.7 Å². The molecule has 0 atom stereocenters. The SMILES string of the molecule is COc1ccc2c(=O)cnn(Cc3ccc(F)c(C(=O)N4CCN(C5CCCCC5)C(=O)C4)c3)c2c1. The van der Waals surface area contributed by atoms with Crippen molar-refractivity contribution in [1.29, 1.82) is 0 Å². The molecule has 2 fully saturated rings. The Morgan fingerprint density at radius 2 is 1.89 bits per heavy atom. The molecule has 188 valence electrons. The predicted octanol–water partition coefficient (Wildman–Crippen LogP) is 3.21. The molecule has 0 bridgehead atoms. The molecule has 1 aliphatic heterocycles. The van der Waals surface area contributed by atoms with Crippen LogP contribution in [0.2, 0.25) is 0 Å². The van der Waals surface area contributed by atoms with E-state index in [4.69, 9.17) is 4.74 Å². The van der Waals surface area contributed by atoms with Gasteiger partial charge in [-0.2, -0.15) is 5.10 Å². The van der Waals surface area contributed by atoms with Gasteiger partial charge in [-0.05, 0) is 42.7 Å². The highest BCUT2D eigenvalue weighted by Gasteiger charge is 2.33. The lowest BCUT2D eigenvalue weighted by atomic mass is 9.93. The summed E-state index contributed by atoms with van der Waals surface area (Å²) in [6, 6.07) is 9.70. The Hall–Kier alpha value is -3.75. The molecule has 1 saturated carbocycles. The minimum Gasteiger partial charge on any atom is -0.497 e. The molecule has 0 spiro atoms. The number of benzene rings is 2. The molecular weight excluding hydrogens is 463 g/mol. The summed E-state index contributed by atoms with van der Waals surface area (Å²) >= 11 is 0. The maximum Gasteiger partial charge on any atom is 0.257 e. The van der Waals surface area contributed by atoms with Crippen molar-refractivity contribution < 1.29 is 18.7 Å². The average molecular weight is 493 g/mol. The van der Waals surface area contributed by atoms with E-state index in [1.807, 2.05) is 4.90 Å². The van der Waals surface area contributed by atoms with E-state index >= 15 is 0 Å². The highest BCUT2D eigenvalue weighted by atomic mass is 19.1. The van der Waals surface area contributed by atoms with Crippen molar-refractivity contribution in [2.24, 2.45) is 0 Å². The quantitative estimate of drug-likeness (QED) is 0.546. The van der Waals surface area contributed by atoms with Gasteiger partial charge in [-0.1, -0.05) is 25.3 Å². The van der Waals surface area contributed by atoms with Gasteiger partial charge in [-0.3, -0.25) is 19.1 Å². The maximum absolute atomic E-state index is 14.8. The largest absolute Gasteiger partial charge is 0.497 e. The molecule has 3 aromatic rings. The van der Waals surface area contributed by atoms with Gasteiger partial charge in [0.05, 0.1) is 30.9 Å². The Morgan fingerprint density at radius 3 is 2.64 bits per heavy atom. The molecule has 0 N–H and O–H groups in total. The van der Waals surface area contributed by atoms with Crippen LogP contribution in [0.4, 0.5) is 4.39 Å². The monoisotopic (exact) mass is 492 g/mol.